The number of amidine groups is 1. The highest BCUT2D eigenvalue weighted by molar-refractivity contribution is 6.05. The third-order valence-corrected chi connectivity index (χ3v) is 9.62. The molecule has 9 N–H and O–H groups in total. The maximum atomic E-state index is 13.1. The zero-order chi connectivity index (χ0) is 38.9. The van der Waals surface area contributed by atoms with Crippen molar-refractivity contribution in [1.82, 2.24) is 15.2 Å². The summed E-state index contributed by atoms with van der Waals surface area (Å²) >= 11 is 0. The van der Waals surface area contributed by atoms with Gasteiger partial charge in [-0.25, -0.2) is 4.79 Å². The number of pyridine rings is 1. The summed E-state index contributed by atoms with van der Waals surface area (Å²) in [5.41, 5.74) is 10.2. The summed E-state index contributed by atoms with van der Waals surface area (Å²) in [7, 11) is 1.50. The quantitative estimate of drug-likeness (QED) is 0.0558. The van der Waals surface area contributed by atoms with E-state index in [1.54, 1.807) is 24.3 Å². The molecule has 0 unspecified atom stereocenters. The Morgan fingerprint density at radius 2 is 1.73 bits per heavy atom. The first-order chi connectivity index (χ1) is 26.6. The number of fused-ring (bicyclic) bond motifs is 1. The smallest absolute Gasteiger partial charge is 0.411 e. The van der Waals surface area contributed by atoms with Crippen LogP contribution in [-0.4, -0.2) is 77.3 Å². The lowest BCUT2D eigenvalue weighted by Gasteiger charge is -2.31. The maximum absolute atomic E-state index is 13.1. The first-order valence-corrected chi connectivity index (χ1v) is 18.0. The molecule has 1 aliphatic heterocycles. The molecule has 0 spiro atoms. The normalized spacial score (nSPS) is 13.9. The van der Waals surface area contributed by atoms with Gasteiger partial charge in [-0.15, -0.1) is 0 Å². The molecule has 1 aromatic heterocycles. The van der Waals surface area contributed by atoms with E-state index in [9.17, 15) is 24.6 Å². The van der Waals surface area contributed by atoms with Crippen LogP contribution in [0.3, 0.4) is 0 Å². The maximum Gasteiger partial charge on any atom is 0.411 e. The van der Waals surface area contributed by atoms with E-state index >= 15 is 0 Å². The van der Waals surface area contributed by atoms with Crippen molar-refractivity contribution in [2.45, 2.75) is 38.0 Å². The van der Waals surface area contributed by atoms with Crippen molar-refractivity contribution >= 4 is 40.1 Å². The zero-order valence-electron chi connectivity index (χ0n) is 30.4. The van der Waals surface area contributed by atoms with E-state index < -0.39 is 12.2 Å². The van der Waals surface area contributed by atoms with Gasteiger partial charge in [0.1, 0.15) is 23.4 Å². The van der Waals surface area contributed by atoms with E-state index in [1.165, 1.54) is 19.2 Å². The molecular formula is C41H45N7O7. The van der Waals surface area contributed by atoms with E-state index in [2.05, 4.69) is 25.8 Å². The summed E-state index contributed by atoms with van der Waals surface area (Å²) in [6.45, 7) is 2.19. The third-order valence-electron chi connectivity index (χ3n) is 9.62. The summed E-state index contributed by atoms with van der Waals surface area (Å²) in [5.74, 6) is -0.139. The van der Waals surface area contributed by atoms with Crippen molar-refractivity contribution in [2.24, 2.45) is 5.73 Å². The van der Waals surface area contributed by atoms with Crippen LogP contribution in [0.15, 0.2) is 95.8 Å². The van der Waals surface area contributed by atoms with E-state index in [0.717, 1.165) is 11.1 Å². The molecule has 1 atom stereocenters. The first-order valence-electron chi connectivity index (χ1n) is 18.0. The van der Waals surface area contributed by atoms with Gasteiger partial charge < -0.3 is 45.9 Å². The number of aromatic hydroxyl groups is 1. The van der Waals surface area contributed by atoms with Crippen molar-refractivity contribution in [2.75, 3.05) is 43.9 Å². The van der Waals surface area contributed by atoms with Gasteiger partial charge in [0.2, 0.25) is 11.5 Å². The Balaban J connectivity index is 0.981. The average Bonchev–Trinajstić information content (AvgIpc) is 3.18. The number of benzene rings is 4. The molecule has 1 saturated heterocycles. The van der Waals surface area contributed by atoms with Crippen molar-refractivity contribution in [3.05, 3.63) is 118 Å². The predicted molar refractivity (Wildman–Crippen MR) is 212 cm³/mol. The lowest BCUT2D eigenvalue weighted by atomic mass is 10.0. The topological polar surface area (TPSA) is 215 Å². The second-order valence-electron chi connectivity index (χ2n) is 13.3. The lowest BCUT2D eigenvalue weighted by Crippen LogP contribution is -2.39. The van der Waals surface area contributed by atoms with Crippen molar-refractivity contribution in [1.29, 1.82) is 5.41 Å². The molecule has 55 heavy (non-hydrogen) atoms. The van der Waals surface area contributed by atoms with Crippen LogP contribution in [0.25, 0.3) is 22.0 Å². The number of aromatic amines is 1. The zero-order valence-corrected chi connectivity index (χ0v) is 30.4. The molecule has 0 aliphatic carbocycles. The van der Waals surface area contributed by atoms with Gasteiger partial charge in [-0.2, -0.15) is 0 Å². The largest absolute Gasteiger partial charge is 0.506 e. The molecule has 0 saturated carbocycles. The van der Waals surface area contributed by atoms with Gasteiger partial charge in [0.25, 0.3) is 0 Å². The summed E-state index contributed by atoms with van der Waals surface area (Å²) < 4.78 is 11.4. The van der Waals surface area contributed by atoms with E-state index in [-0.39, 0.29) is 54.2 Å². The highest BCUT2D eigenvalue weighted by Crippen LogP contribution is 2.31. The number of aromatic nitrogens is 1. The molecule has 1 fully saturated rings. The lowest BCUT2D eigenvalue weighted by molar-refractivity contribution is -0.116. The SMILES string of the molecule is COc1cc(NC(=O)CCN2CCC(OC(=O)Nc3ccccc3-c3ccccc3)CC2)c(C(=N)N)cc1CNC[C@H](O)c1ccc(O)c2[nH]c(=O)ccc12. The predicted octanol–water partition coefficient (Wildman–Crippen LogP) is 5.06. The molecule has 4 aromatic carbocycles. The first kappa shape index (κ1) is 38.5. The second kappa shape index (κ2) is 17.7. The van der Waals surface area contributed by atoms with Crippen LogP contribution < -0.4 is 32.0 Å². The number of rotatable bonds is 14. The summed E-state index contributed by atoms with van der Waals surface area (Å²) in [4.78, 5) is 42.4. The summed E-state index contributed by atoms with van der Waals surface area (Å²) in [5, 5.41) is 38.8. The van der Waals surface area contributed by atoms with Gasteiger partial charge >= 0.3 is 6.09 Å². The Kier molecular flexibility index (Phi) is 12.4. The number of amides is 2. The number of methoxy groups -OCH3 is 1. The number of H-pyrrole nitrogens is 1. The number of carbonyl (C=O) groups is 2. The minimum atomic E-state index is -0.975. The molecule has 1 aliphatic rings. The van der Waals surface area contributed by atoms with Crippen molar-refractivity contribution in [3.8, 4) is 22.6 Å². The van der Waals surface area contributed by atoms with Crippen LogP contribution in [0.2, 0.25) is 0 Å². The van der Waals surface area contributed by atoms with E-state index in [1.807, 2.05) is 54.6 Å². The fourth-order valence-corrected chi connectivity index (χ4v) is 6.76. The molecule has 286 valence electrons. The van der Waals surface area contributed by atoms with Crippen molar-refractivity contribution < 1.29 is 29.3 Å². The molecule has 2 heterocycles. The Morgan fingerprint density at radius 1 is 0.982 bits per heavy atom. The molecule has 14 heteroatoms. The monoisotopic (exact) mass is 747 g/mol. The third kappa shape index (κ3) is 9.67. The molecule has 6 rings (SSSR count). The number of nitrogen functional groups attached to an aromatic ring is 1. The molecule has 0 radical (unpaired) electrons. The van der Waals surface area contributed by atoms with Gasteiger partial charge in [0.15, 0.2) is 0 Å². The number of piperidine rings is 1. The van der Waals surface area contributed by atoms with Gasteiger partial charge in [0.05, 0.1) is 30.1 Å². The number of ether oxygens (including phenoxy) is 2. The number of nitrogens with two attached hydrogens (primary N) is 1. The van der Waals surface area contributed by atoms with Gasteiger partial charge in [-0.1, -0.05) is 54.6 Å². The number of hydrogen-bond donors (Lipinski definition) is 8. The van der Waals surface area contributed by atoms with Crippen LogP contribution >= 0.6 is 0 Å². The number of nitrogens with one attached hydrogen (secondary N) is 5. The standard InChI is InChI=1S/C41H45N7O7/c1-54-36-22-33(31(40(42)43)21-26(36)23-44-24-35(50)29-11-13-34(49)39-30(29)12-14-37(51)47-39)45-38(52)17-20-48-18-15-27(16-19-48)55-41(53)46-32-10-6-5-9-28(32)25-7-3-2-4-8-25/h2-14,21-22,27,35,44,49-50H,15-20,23-24H2,1H3,(H3,42,43)(H,45,52)(H,46,53)(H,47,51)/t35-/m0/s1. The van der Waals surface area contributed by atoms with Crippen LogP contribution in [0.4, 0.5) is 16.2 Å². The number of aliphatic hydroxyl groups excluding tert-OH is 1. The minimum Gasteiger partial charge on any atom is -0.506 e. The van der Waals surface area contributed by atoms with Crippen LogP contribution in [0.1, 0.15) is 42.1 Å². The molecule has 14 nitrogen and oxygen atoms in total. The van der Waals surface area contributed by atoms with Crippen LogP contribution in [-0.2, 0) is 16.1 Å². The Morgan fingerprint density at radius 3 is 2.47 bits per heavy atom. The number of carbonyl (C=O) groups excluding carboxylic acids is 2. The number of phenolic OH excluding ortho intramolecular Hbond substituents is 1. The molecule has 0 bridgehead atoms. The second-order valence-corrected chi connectivity index (χ2v) is 13.3. The van der Waals surface area contributed by atoms with Crippen LogP contribution in [0.5, 0.6) is 11.5 Å². The van der Waals surface area contributed by atoms with Gasteiger partial charge in [-0.3, -0.25) is 20.3 Å². The number of likely N-dealkylation sites (tertiary alicyclic amines) is 1. The Labute approximate surface area is 317 Å². The molecular weight excluding hydrogens is 702 g/mol. The van der Waals surface area contributed by atoms with Gasteiger partial charge in [0, 0.05) is 73.4 Å². The fourth-order valence-electron chi connectivity index (χ4n) is 6.76. The number of phenols is 1. The fraction of sp³-hybridized carbons (Fsp3) is 0.268. The van der Waals surface area contributed by atoms with Crippen molar-refractivity contribution in [3.63, 3.8) is 0 Å². The van der Waals surface area contributed by atoms with E-state index in [0.29, 0.717) is 71.7 Å². The highest BCUT2D eigenvalue weighted by atomic mass is 16.6. The Bertz CT molecular complexity index is 2220. The highest BCUT2D eigenvalue weighted by Gasteiger charge is 2.24. The number of nitrogens with zero attached hydrogens (tertiary/aromatic N) is 1. The average molecular weight is 748 g/mol. The van der Waals surface area contributed by atoms with E-state index in [4.69, 9.17) is 20.6 Å². The van der Waals surface area contributed by atoms with Gasteiger partial charge in [-0.05, 0) is 48.2 Å². The summed E-state index contributed by atoms with van der Waals surface area (Å²) in [6, 6.07) is 26.6. The number of para-hydroxylation sites is 1. The number of hydrogen-bond acceptors (Lipinski definition) is 10. The molecule has 5 aromatic rings. The van der Waals surface area contributed by atoms with Crippen LogP contribution in [0, 0.1) is 5.41 Å². The summed E-state index contributed by atoms with van der Waals surface area (Å²) in [6.07, 6.45) is -0.241. The molecule has 2 amide bonds. The Hall–Kier alpha value is -6.22. The number of anilines is 2. The number of aliphatic hydroxyl groups is 1. The minimum absolute atomic E-state index is 0.0966.